The molecule has 0 saturated heterocycles. The van der Waals surface area contributed by atoms with Crippen LogP contribution in [0, 0.1) is 6.92 Å². The Kier molecular flexibility index (Phi) is 4.63. The lowest BCUT2D eigenvalue weighted by Gasteiger charge is -2.01. The Hall–Kier alpha value is -2.65. The Bertz CT molecular complexity index is 889. The summed E-state index contributed by atoms with van der Waals surface area (Å²) in [4.78, 5) is 36.0. The molecule has 0 aliphatic heterocycles. The molecule has 3 heterocycles. The second kappa shape index (κ2) is 6.85. The topological polar surface area (TPSA) is 105 Å². The highest BCUT2D eigenvalue weighted by molar-refractivity contribution is 7.13. The van der Waals surface area contributed by atoms with Gasteiger partial charge in [0.1, 0.15) is 10.7 Å². The lowest BCUT2D eigenvalue weighted by Crippen LogP contribution is -2.23. The SMILES string of the molecule is Cc1sc(C(=O)O)nc1C(=O)NCc1nc(-c2cccnc2)cs1. The number of aryl methyl sites for hydroxylation is 1. The quantitative estimate of drug-likeness (QED) is 0.724. The number of nitrogens with zero attached hydrogens (tertiary/aromatic N) is 3. The van der Waals surface area contributed by atoms with Gasteiger partial charge >= 0.3 is 5.97 Å². The fourth-order valence-corrected chi connectivity index (χ4v) is 3.47. The number of hydrogen-bond acceptors (Lipinski definition) is 7. The first-order valence-corrected chi connectivity index (χ1v) is 8.58. The number of amides is 1. The van der Waals surface area contributed by atoms with Gasteiger partial charge in [-0.1, -0.05) is 0 Å². The minimum absolute atomic E-state index is 0.0919. The molecule has 0 aliphatic rings. The fourth-order valence-electron chi connectivity index (χ4n) is 1.98. The monoisotopic (exact) mass is 360 g/mol. The zero-order chi connectivity index (χ0) is 17.1. The third kappa shape index (κ3) is 3.47. The minimum atomic E-state index is -1.14. The molecule has 0 aliphatic carbocycles. The van der Waals surface area contributed by atoms with Crippen LogP contribution in [-0.4, -0.2) is 31.9 Å². The third-order valence-electron chi connectivity index (χ3n) is 3.10. The van der Waals surface area contributed by atoms with Gasteiger partial charge in [-0.2, -0.15) is 0 Å². The van der Waals surface area contributed by atoms with Crippen LogP contribution < -0.4 is 5.32 Å². The number of carbonyl (C=O) groups excluding carboxylic acids is 1. The van der Waals surface area contributed by atoms with Gasteiger partial charge in [0.25, 0.3) is 5.91 Å². The molecule has 0 radical (unpaired) electrons. The van der Waals surface area contributed by atoms with Crippen LogP contribution >= 0.6 is 22.7 Å². The molecule has 0 aromatic carbocycles. The molecule has 0 spiro atoms. The van der Waals surface area contributed by atoms with Crippen molar-refractivity contribution in [3.8, 4) is 11.3 Å². The van der Waals surface area contributed by atoms with Gasteiger partial charge < -0.3 is 10.4 Å². The highest BCUT2D eigenvalue weighted by atomic mass is 32.1. The number of carboxylic acid groups (broad SMARTS) is 1. The van der Waals surface area contributed by atoms with E-state index in [1.807, 2.05) is 17.5 Å². The zero-order valence-corrected chi connectivity index (χ0v) is 14.1. The maximum Gasteiger partial charge on any atom is 0.365 e. The van der Waals surface area contributed by atoms with E-state index in [2.05, 4.69) is 20.3 Å². The van der Waals surface area contributed by atoms with Crippen LogP contribution in [0.2, 0.25) is 0 Å². The van der Waals surface area contributed by atoms with Gasteiger partial charge in [-0.15, -0.1) is 22.7 Å². The van der Waals surface area contributed by atoms with Gasteiger partial charge in [0.15, 0.2) is 0 Å². The van der Waals surface area contributed by atoms with Crippen molar-refractivity contribution in [3.63, 3.8) is 0 Å². The molecular formula is C15H12N4O3S2. The smallest absolute Gasteiger partial charge is 0.365 e. The van der Waals surface area contributed by atoms with Crippen LogP contribution in [0.5, 0.6) is 0 Å². The molecule has 0 bridgehead atoms. The Balaban J connectivity index is 1.67. The second-order valence-corrected chi connectivity index (χ2v) is 6.93. The van der Waals surface area contributed by atoms with E-state index < -0.39 is 11.9 Å². The molecule has 0 atom stereocenters. The first kappa shape index (κ1) is 16.2. The van der Waals surface area contributed by atoms with Gasteiger partial charge in [-0.25, -0.2) is 14.8 Å². The van der Waals surface area contributed by atoms with Crippen molar-refractivity contribution in [2.75, 3.05) is 0 Å². The summed E-state index contributed by atoms with van der Waals surface area (Å²) >= 11 is 2.41. The van der Waals surface area contributed by atoms with Crippen molar-refractivity contribution in [2.45, 2.75) is 13.5 Å². The van der Waals surface area contributed by atoms with E-state index in [4.69, 9.17) is 5.11 Å². The van der Waals surface area contributed by atoms with Crippen LogP contribution in [-0.2, 0) is 6.54 Å². The van der Waals surface area contributed by atoms with Crippen molar-refractivity contribution in [2.24, 2.45) is 0 Å². The molecule has 3 rings (SSSR count). The summed E-state index contributed by atoms with van der Waals surface area (Å²) in [6.45, 7) is 1.92. The number of aromatic nitrogens is 3. The molecule has 2 N–H and O–H groups in total. The third-order valence-corrected chi connectivity index (χ3v) is 4.91. The average Bonchev–Trinajstić information content (AvgIpc) is 3.20. The largest absolute Gasteiger partial charge is 0.476 e. The number of carbonyl (C=O) groups is 2. The maximum atomic E-state index is 12.2. The van der Waals surface area contributed by atoms with E-state index >= 15 is 0 Å². The maximum absolute atomic E-state index is 12.2. The van der Waals surface area contributed by atoms with Gasteiger partial charge in [-0.05, 0) is 19.1 Å². The number of carboxylic acids is 1. The van der Waals surface area contributed by atoms with Crippen LogP contribution in [0.15, 0.2) is 29.9 Å². The van der Waals surface area contributed by atoms with Gasteiger partial charge in [0.05, 0.1) is 12.2 Å². The normalized spacial score (nSPS) is 10.5. The van der Waals surface area contributed by atoms with E-state index in [1.54, 1.807) is 19.3 Å². The lowest BCUT2D eigenvalue weighted by atomic mass is 10.2. The Morgan fingerprint density at radius 3 is 2.83 bits per heavy atom. The highest BCUT2D eigenvalue weighted by Crippen LogP contribution is 2.21. The van der Waals surface area contributed by atoms with Crippen molar-refractivity contribution >= 4 is 34.6 Å². The second-order valence-electron chi connectivity index (χ2n) is 4.78. The number of thiazole rings is 2. The first-order chi connectivity index (χ1) is 11.5. The summed E-state index contributed by atoms with van der Waals surface area (Å²) < 4.78 is 0. The summed E-state index contributed by atoms with van der Waals surface area (Å²) in [5.41, 5.74) is 1.85. The standard InChI is InChI=1S/C15H12N4O3S2/c1-8-12(19-14(24-8)15(21)22)13(20)17-6-11-18-10(7-23-11)9-3-2-4-16-5-9/h2-5,7H,6H2,1H3,(H,17,20)(H,21,22). The minimum Gasteiger partial charge on any atom is -0.476 e. The summed E-state index contributed by atoms with van der Waals surface area (Å²) in [5, 5.41) is 14.2. The van der Waals surface area contributed by atoms with Crippen molar-refractivity contribution < 1.29 is 14.7 Å². The Morgan fingerprint density at radius 1 is 1.33 bits per heavy atom. The summed E-state index contributed by atoms with van der Waals surface area (Å²) in [5.74, 6) is -1.54. The van der Waals surface area contributed by atoms with Crippen molar-refractivity contribution in [1.82, 2.24) is 20.3 Å². The van der Waals surface area contributed by atoms with Crippen molar-refractivity contribution in [1.29, 1.82) is 0 Å². The first-order valence-electron chi connectivity index (χ1n) is 6.88. The van der Waals surface area contributed by atoms with E-state index in [1.165, 1.54) is 11.3 Å². The van der Waals surface area contributed by atoms with E-state index in [-0.39, 0.29) is 17.2 Å². The number of aromatic carboxylic acids is 1. The molecule has 0 saturated carbocycles. The summed E-state index contributed by atoms with van der Waals surface area (Å²) in [6, 6.07) is 3.75. The predicted molar refractivity (Wildman–Crippen MR) is 90.3 cm³/mol. The van der Waals surface area contributed by atoms with Gasteiger partial charge in [0.2, 0.25) is 5.01 Å². The molecule has 1 amide bonds. The Morgan fingerprint density at radius 2 is 2.17 bits per heavy atom. The lowest BCUT2D eigenvalue weighted by molar-refractivity contribution is 0.0696. The molecule has 0 unspecified atom stereocenters. The molecule has 0 fully saturated rings. The van der Waals surface area contributed by atoms with E-state index in [9.17, 15) is 9.59 Å². The number of nitrogens with one attached hydrogen (secondary N) is 1. The number of rotatable bonds is 5. The fraction of sp³-hybridized carbons (Fsp3) is 0.133. The van der Waals surface area contributed by atoms with E-state index in [0.717, 1.165) is 27.6 Å². The molecule has 3 aromatic rings. The van der Waals surface area contributed by atoms with E-state index in [0.29, 0.717) is 4.88 Å². The summed E-state index contributed by atoms with van der Waals surface area (Å²) in [7, 11) is 0. The van der Waals surface area contributed by atoms with Crippen molar-refractivity contribution in [3.05, 3.63) is 50.5 Å². The van der Waals surface area contributed by atoms with Crippen LogP contribution in [0.25, 0.3) is 11.3 Å². The molecule has 7 nitrogen and oxygen atoms in total. The van der Waals surface area contributed by atoms with Gasteiger partial charge in [-0.3, -0.25) is 9.78 Å². The molecule has 9 heteroatoms. The van der Waals surface area contributed by atoms with Crippen LogP contribution in [0.1, 0.15) is 30.2 Å². The predicted octanol–water partition coefficient (Wildman–Crippen LogP) is 2.60. The summed E-state index contributed by atoms with van der Waals surface area (Å²) in [6.07, 6.45) is 3.42. The molecule has 24 heavy (non-hydrogen) atoms. The van der Waals surface area contributed by atoms with Crippen LogP contribution in [0.3, 0.4) is 0 Å². The Labute approximate surface area is 145 Å². The highest BCUT2D eigenvalue weighted by Gasteiger charge is 2.19. The average molecular weight is 360 g/mol. The zero-order valence-electron chi connectivity index (χ0n) is 12.5. The number of hydrogen-bond donors (Lipinski definition) is 2. The number of pyridine rings is 1. The molecular weight excluding hydrogens is 348 g/mol. The molecule has 3 aromatic heterocycles. The van der Waals surface area contributed by atoms with Crippen LogP contribution in [0.4, 0.5) is 0 Å². The molecule has 122 valence electrons. The van der Waals surface area contributed by atoms with Gasteiger partial charge in [0, 0.05) is 28.2 Å².